The number of aryl methyl sites for hydroxylation is 2. The third kappa shape index (κ3) is 7.31. The van der Waals surface area contributed by atoms with Crippen molar-refractivity contribution in [3.05, 3.63) is 107 Å². The van der Waals surface area contributed by atoms with Crippen molar-refractivity contribution in [1.29, 1.82) is 0 Å². The van der Waals surface area contributed by atoms with Crippen molar-refractivity contribution in [2.45, 2.75) is 65.6 Å². The van der Waals surface area contributed by atoms with Crippen molar-refractivity contribution < 1.29 is 9.59 Å². The highest BCUT2D eigenvalue weighted by Crippen LogP contribution is 2.18. The molecule has 1 N–H and O–H groups in total. The highest BCUT2D eigenvalue weighted by molar-refractivity contribution is 5.89. The van der Waals surface area contributed by atoms with Gasteiger partial charge < -0.3 is 10.2 Å². The van der Waals surface area contributed by atoms with Gasteiger partial charge in [0.1, 0.15) is 6.04 Å². The van der Waals surface area contributed by atoms with Gasteiger partial charge in [0.2, 0.25) is 11.8 Å². The molecule has 0 spiro atoms. The summed E-state index contributed by atoms with van der Waals surface area (Å²) in [5.41, 5.74) is 5.28. The molecule has 2 atom stereocenters. The van der Waals surface area contributed by atoms with E-state index in [0.29, 0.717) is 13.0 Å². The fourth-order valence-corrected chi connectivity index (χ4v) is 3.98. The highest BCUT2D eigenvalue weighted by atomic mass is 16.2. The number of carbonyl (C=O) groups excluding carboxylic acids is 2. The Kier molecular flexibility index (Phi) is 9.03. The predicted molar refractivity (Wildman–Crippen MR) is 138 cm³/mol. The Labute approximate surface area is 204 Å². The SMILES string of the molecule is CC[C@@H](C)NC(=O)[C@H](Cc1ccccc1)N(Cc1ccc(C)cc1)C(=O)Cc1cccc(C)c1. The molecular weight excluding hydrogens is 420 g/mol. The van der Waals surface area contributed by atoms with E-state index in [0.717, 1.165) is 34.2 Å². The first-order chi connectivity index (χ1) is 16.4. The van der Waals surface area contributed by atoms with Crippen molar-refractivity contribution in [1.82, 2.24) is 10.2 Å². The molecule has 3 aromatic rings. The minimum Gasteiger partial charge on any atom is -0.352 e. The van der Waals surface area contributed by atoms with E-state index in [4.69, 9.17) is 0 Å². The zero-order chi connectivity index (χ0) is 24.5. The summed E-state index contributed by atoms with van der Waals surface area (Å²) in [5.74, 6) is -0.158. The molecule has 4 heteroatoms. The van der Waals surface area contributed by atoms with Gasteiger partial charge in [0.05, 0.1) is 6.42 Å². The summed E-state index contributed by atoms with van der Waals surface area (Å²) < 4.78 is 0. The van der Waals surface area contributed by atoms with Gasteiger partial charge in [-0.3, -0.25) is 9.59 Å². The average Bonchev–Trinajstić information content (AvgIpc) is 2.83. The molecular formula is C30H36N2O2. The summed E-state index contributed by atoms with van der Waals surface area (Å²) >= 11 is 0. The van der Waals surface area contributed by atoms with Gasteiger partial charge >= 0.3 is 0 Å². The summed E-state index contributed by atoms with van der Waals surface area (Å²) in [7, 11) is 0. The molecule has 3 rings (SSSR count). The standard InChI is InChI=1S/C30H36N2O2/c1-5-24(4)31-30(34)28(19-25-11-7-6-8-12-25)32(21-26-16-14-22(2)15-17-26)29(33)20-27-13-9-10-23(3)18-27/h6-18,24,28H,5,19-21H2,1-4H3,(H,31,34)/t24-,28+/m1/s1. The third-order valence-corrected chi connectivity index (χ3v) is 6.18. The number of benzene rings is 3. The topological polar surface area (TPSA) is 49.4 Å². The van der Waals surface area contributed by atoms with Crippen LogP contribution in [0.4, 0.5) is 0 Å². The lowest BCUT2D eigenvalue weighted by molar-refractivity contribution is -0.141. The smallest absolute Gasteiger partial charge is 0.243 e. The lowest BCUT2D eigenvalue weighted by atomic mass is 10.0. The number of rotatable bonds is 10. The van der Waals surface area contributed by atoms with Gasteiger partial charge in [0.25, 0.3) is 0 Å². The fraction of sp³-hybridized carbons (Fsp3) is 0.333. The molecule has 0 bridgehead atoms. The predicted octanol–water partition coefficient (Wildman–Crippen LogP) is 5.40. The fourth-order valence-electron chi connectivity index (χ4n) is 3.98. The molecule has 34 heavy (non-hydrogen) atoms. The first-order valence-electron chi connectivity index (χ1n) is 12.1. The van der Waals surface area contributed by atoms with Gasteiger partial charge in [-0.05, 0) is 43.9 Å². The zero-order valence-corrected chi connectivity index (χ0v) is 20.8. The number of nitrogens with one attached hydrogen (secondary N) is 1. The Hall–Kier alpha value is -3.40. The second kappa shape index (κ2) is 12.2. The molecule has 0 saturated carbocycles. The first-order valence-corrected chi connectivity index (χ1v) is 12.1. The molecule has 0 fully saturated rings. The van der Waals surface area contributed by atoms with Crippen LogP contribution in [0.2, 0.25) is 0 Å². The molecule has 0 saturated heterocycles. The quantitative estimate of drug-likeness (QED) is 0.444. The number of amides is 2. The van der Waals surface area contributed by atoms with Crippen LogP contribution in [0.5, 0.6) is 0 Å². The van der Waals surface area contributed by atoms with E-state index < -0.39 is 6.04 Å². The van der Waals surface area contributed by atoms with Gasteiger partial charge in [-0.1, -0.05) is 96.9 Å². The summed E-state index contributed by atoms with van der Waals surface area (Å²) in [6.45, 7) is 8.49. The zero-order valence-electron chi connectivity index (χ0n) is 20.8. The maximum Gasteiger partial charge on any atom is 0.243 e. The molecule has 0 aromatic heterocycles. The second-order valence-electron chi connectivity index (χ2n) is 9.20. The summed E-state index contributed by atoms with van der Waals surface area (Å²) in [4.78, 5) is 29.0. The molecule has 0 aliphatic carbocycles. The molecule has 3 aromatic carbocycles. The Balaban J connectivity index is 1.96. The van der Waals surface area contributed by atoms with Gasteiger partial charge in [-0.15, -0.1) is 0 Å². The third-order valence-electron chi connectivity index (χ3n) is 6.18. The van der Waals surface area contributed by atoms with E-state index in [-0.39, 0.29) is 24.3 Å². The normalized spacial score (nSPS) is 12.6. The lowest BCUT2D eigenvalue weighted by Crippen LogP contribution is -2.52. The van der Waals surface area contributed by atoms with Crippen LogP contribution in [0.3, 0.4) is 0 Å². The Morgan fingerprint density at radius 2 is 1.50 bits per heavy atom. The summed E-state index contributed by atoms with van der Waals surface area (Å²) in [6, 6.07) is 25.5. The van der Waals surface area contributed by atoms with Gasteiger partial charge in [0.15, 0.2) is 0 Å². The van der Waals surface area contributed by atoms with E-state index in [9.17, 15) is 9.59 Å². The van der Waals surface area contributed by atoms with Crippen molar-refractivity contribution in [2.75, 3.05) is 0 Å². The first kappa shape index (κ1) is 25.2. The van der Waals surface area contributed by atoms with E-state index in [1.165, 1.54) is 0 Å². The van der Waals surface area contributed by atoms with Crippen molar-refractivity contribution in [3.8, 4) is 0 Å². The lowest BCUT2D eigenvalue weighted by Gasteiger charge is -2.32. The van der Waals surface area contributed by atoms with Crippen LogP contribution in [0.1, 0.15) is 48.1 Å². The number of nitrogens with zero attached hydrogens (tertiary/aromatic N) is 1. The Morgan fingerprint density at radius 1 is 0.824 bits per heavy atom. The van der Waals surface area contributed by atoms with Crippen LogP contribution in [-0.2, 0) is 29.0 Å². The maximum atomic E-state index is 13.7. The minimum atomic E-state index is -0.602. The Morgan fingerprint density at radius 3 is 2.15 bits per heavy atom. The molecule has 2 amide bonds. The average molecular weight is 457 g/mol. The molecule has 0 heterocycles. The van der Waals surface area contributed by atoms with E-state index in [1.54, 1.807) is 4.90 Å². The van der Waals surface area contributed by atoms with Crippen LogP contribution >= 0.6 is 0 Å². The maximum absolute atomic E-state index is 13.7. The van der Waals surface area contributed by atoms with Crippen LogP contribution < -0.4 is 5.32 Å². The molecule has 0 radical (unpaired) electrons. The molecule has 0 aliphatic rings. The Bertz CT molecular complexity index is 1080. The molecule has 178 valence electrons. The van der Waals surface area contributed by atoms with Crippen LogP contribution in [0, 0.1) is 13.8 Å². The van der Waals surface area contributed by atoms with E-state index in [2.05, 4.69) is 5.32 Å². The summed E-state index contributed by atoms with van der Waals surface area (Å²) in [6.07, 6.45) is 1.56. The van der Waals surface area contributed by atoms with Crippen molar-refractivity contribution in [2.24, 2.45) is 0 Å². The van der Waals surface area contributed by atoms with Crippen LogP contribution in [0.25, 0.3) is 0 Å². The van der Waals surface area contributed by atoms with Gasteiger partial charge in [-0.25, -0.2) is 0 Å². The second-order valence-corrected chi connectivity index (χ2v) is 9.20. The molecule has 0 aliphatic heterocycles. The van der Waals surface area contributed by atoms with E-state index in [1.807, 2.05) is 107 Å². The number of carbonyl (C=O) groups is 2. The minimum absolute atomic E-state index is 0.0406. The number of hydrogen-bond donors (Lipinski definition) is 1. The van der Waals surface area contributed by atoms with Crippen LogP contribution in [0.15, 0.2) is 78.9 Å². The summed E-state index contributed by atoms with van der Waals surface area (Å²) in [5, 5.41) is 3.12. The van der Waals surface area contributed by atoms with Crippen LogP contribution in [-0.4, -0.2) is 28.8 Å². The van der Waals surface area contributed by atoms with Gasteiger partial charge in [-0.2, -0.15) is 0 Å². The molecule has 0 unspecified atom stereocenters. The van der Waals surface area contributed by atoms with Crippen molar-refractivity contribution >= 4 is 11.8 Å². The van der Waals surface area contributed by atoms with Gasteiger partial charge in [0, 0.05) is 19.0 Å². The van der Waals surface area contributed by atoms with Crippen molar-refractivity contribution in [3.63, 3.8) is 0 Å². The highest BCUT2D eigenvalue weighted by Gasteiger charge is 2.31. The largest absolute Gasteiger partial charge is 0.352 e. The molecule has 4 nitrogen and oxygen atoms in total. The monoisotopic (exact) mass is 456 g/mol. The number of hydrogen-bond acceptors (Lipinski definition) is 2. The van der Waals surface area contributed by atoms with E-state index >= 15 is 0 Å².